The predicted octanol–water partition coefficient (Wildman–Crippen LogP) is 5.17. The highest BCUT2D eigenvalue weighted by atomic mass is 79.9. The van der Waals surface area contributed by atoms with Gasteiger partial charge >= 0.3 is 6.03 Å². The van der Waals surface area contributed by atoms with Gasteiger partial charge in [0.15, 0.2) is 0 Å². The van der Waals surface area contributed by atoms with Crippen molar-refractivity contribution in [3.63, 3.8) is 0 Å². The highest BCUT2D eigenvalue weighted by Gasteiger charge is 2.15. The van der Waals surface area contributed by atoms with Gasteiger partial charge < -0.3 is 15.5 Å². The fraction of sp³-hybridized carbons (Fsp3) is 0.333. The number of thiophene rings is 1. The zero-order valence-electron chi connectivity index (χ0n) is 13.8. The van der Waals surface area contributed by atoms with Gasteiger partial charge in [-0.1, -0.05) is 12.8 Å². The van der Waals surface area contributed by atoms with E-state index < -0.39 is 0 Å². The summed E-state index contributed by atoms with van der Waals surface area (Å²) in [5.74, 6) is -0.142. The molecule has 132 valence electrons. The third kappa shape index (κ3) is 5.06. The smallest absolute Gasteiger partial charge is 0.321 e. The van der Waals surface area contributed by atoms with Gasteiger partial charge in [-0.05, 0) is 65.2 Å². The van der Waals surface area contributed by atoms with Crippen molar-refractivity contribution in [3.05, 3.63) is 45.1 Å². The minimum absolute atomic E-state index is 0.0536. The van der Waals surface area contributed by atoms with Crippen molar-refractivity contribution in [2.45, 2.75) is 25.7 Å². The molecule has 25 heavy (non-hydrogen) atoms. The Balaban J connectivity index is 1.56. The molecule has 2 aromatic rings. The largest absolute Gasteiger partial charge is 0.325 e. The molecule has 1 aliphatic rings. The average Bonchev–Trinajstić information content (AvgIpc) is 2.87. The van der Waals surface area contributed by atoms with Crippen LogP contribution in [0.2, 0.25) is 0 Å². The van der Waals surface area contributed by atoms with Gasteiger partial charge in [0.25, 0.3) is 5.91 Å². The zero-order chi connectivity index (χ0) is 17.6. The minimum Gasteiger partial charge on any atom is -0.325 e. The summed E-state index contributed by atoms with van der Waals surface area (Å²) in [5, 5.41) is 5.78. The molecule has 0 atom stereocenters. The molecule has 1 fully saturated rings. The molecule has 1 saturated heterocycles. The molecule has 3 rings (SSSR count). The number of amides is 3. The summed E-state index contributed by atoms with van der Waals surface area (Å²) in [6.07, 6.45) is 4.52. The molecule has 0 radical (unpaired) electrons. The van der Waals surface area contributed by atoms with E-state index in [1.807, 2.05) is 11.0 Å². The summed E-state index contributed by atoms with van der Waals surface area (Å²) in [6, 6.07) is 10.8. The van der Waals surface area contributed by atoms with Gasteiger partial charge in [-0.2, -0.15) is 0 Å². The second kappa shape index (κ2) is 8.49. The number of carbonyl (C=O) groups is 2. The predicted molar refractivity (Wildman–Crippen MR) is 105 cm³/mol. The van der Waals surface area contributed by atoms with Crippen LogP contribution in [0.25, 0.3) is 0 Å². The van der Waals surface area contributed by atoms with Crippen LogP contribution in [-0.4, -0.2) is 29.9 Å². The van der Waals surface area contributed by atoms with Crippen LogP contribution in [0.1, 0.15) is 35.4 Å². The monoisotopic (exact) mass is 421 g/mol. The van der Waals surface area contributed by atoms with Crippen LogP contribution in [-0.2, 0) is 0 Å². The van der Waals surface area contributed by atoms with Gasteiger partial charge in [-0.3, -0.25) is 4.79 Å². The Bertz CT molecular complexity index is 737. The van der Waals surface area contributed by atoms with Crippen LogP contribution in [0.5, 0.6) is 0 Å². The lowest BCUT2D eigenvalue weighted by molar-refractivity contribution is 0.103. The maximum atomic E-state index is 12.3. The van der Waals surface area contributed by atoms with Crippen molar-refractivity contribution in [1.29, 1.82) is 0 Å². The van der Waals surface area contributed by atoms with Gasteiger partial charge in [0.1, 0.15) is 0 Å². The van der Waals surface area contributed by atoms with E-state index in [1.54, 1.807) is 30.3 Å². The summed E-state index contributed by atoms with van der Waals surface area (Å²) >= 11 is 4.74. The molecule has 1 aromatic heterocycles. The molecule has 0 saturated carbocycles. The van der Waals surface area contributed by atoms with E-state index in [9.17, 15) is 9.59 Å². The Labute approximate surface area is 159 Å². The van der Waals surface area contributed by atoms with Gasteiger partial charge in [0.2, 0.25) is 0 Å². The van der Waals surface area contributed by atoms with Crippen molar-refractivity contribution < 1.29 is 9.59 Å². The lowest BCUT2D eigenvalue weighted by Crippen LogP contribution is -2.35. The Hall–Kier alpha value is -1.86. The zero-order valence-corrected chi connectivity index (χ0v) is 16.2. The maximum absolute atomic E-state index is 12.3. The van der Waals surface area contributed by atoms with Gasteiger partial charge in [-0.15, -0.1) is 11.3 Å². The normalized spacial score (nSPS) is 14.7. The highest BCUT2D eigenvalue weighted by molar-refractivity contribution is 9.11. The number of hydrogen-bond donors (Lipinski definition) is 2. The average molecular weight is 422 g/mol. The molecule has 1 aliphatic heterocycles. The summed E-state index contributed by atoms with van der Waals surface area (Å²) in [5.41, 5.74) is 1.42. The molecule has 0 unspecified atom stereocenters. The van der Waals surface area contributed by atoms with E-state index in [0.717, 1.165) is 35.4 Å². The van der Waals surface area contributed by atoms with Gasteiger partial charge in [-0.25, -0.2) is 4.79 Å². The molecule has 3 amide bonds. The number of hydrogen-bond acceptors (Lipinski definition) is 3. The number of carbonyl (C=O) groups excluding carboxylic acids is 2. The van der Waals surface area contributed by atoms with E-state index >= 15 is 0 Å². The van der Waals surface area contributed by atoms with Crippen LogP contribution in [0.4, 0.5) is 16.2 Å². The fourth-order valence-electron chi connectivity index (χ4n) is 2.74. The molecule has 0 spiro atoms. The Morgan fingerprint density at radius 3 is 2.04 bits per heavy atom. The van der Waals surface area contributed by atoms with Crippen LogP contribution >= 0.6 is 27.3 Å². The topological polar surface area (TPSA) is 61.4 Å². The quantitative estimate of drug-likeness (QED) is 0.717. The van der Waals surface area contributed by atoms with Crippen molar-refractivity contribution >= 4 is 50.6 Å². The number of halogens is 1. The first-order valence-electron chi connectivity index (χ1n) is 8.34. The van der Waals surface area contributed by atoms with Crippen molar-refractivity contribution in [3.8, 4) is 0 Å². The van der Waals surface area contributed by atoms with Gasteiger partial charge in [0, 0.05) is 24.5 Å². The first-order chi connectivity index (χ1) is 12.1. The second-order valence-corrected chi connectivity index (χ2v) is 8.43. The SMILES string of the molecule is O=C(Nc1ccc(NC(=O)N2CCCCCC2)cc1)c1ccc(Br)s1. The number of likely N-dealkylation sites (tertiary alicyclic amines) is 1. The first-order valence-corrected chi connectivity index (χ1v) is 9.95. The Morgan fingerprint density at radius 1 is 0.880 bits per heavy atom. The van der Waals surface area contributed by atoms with Crippen molar-refractivity contribution in [1.82, 2.24) is 4.90 Å². The molecule has 7 heteroatoms. The molecule has 2 heterocycles. The molecule has 5 nitrogen and oxygen atoms in total. The molecule has 1 aromatic carbocycles. The summed E-state index contributed by atoms with van der Waals surface area (Å²) < 4.78 is 0.921. The first kappa shape index (κ1) is 17.9. The second-order valence-electron chi connectivity index (χ2n) is 5.97. The van der Waals surface area contributed by atoms with E-state index in [0.29, 0.717) is 10.6 Å². The van der Waals surface area contributed by atoms with Crippen LogP contribution in [0, 0.1) is 0 Å². The van der Waals surface area contributed by atoms with E-state index in [4.69, 9.17) is 0 Å². The van der Waals surface area contributed by atoms with Crippen LogP contribution in [0.3, 0.4) is 0 Å². The number of benzene rings is 1. The number of rotatable bonds is 3. The molecule has 0 bridgehead atoms. The molecule has 2 N–H and O–H groups in total. The summed E-state index contributed by atoms with van der Waals surface area (Å²) in [6.45, 7) is 1.63. The van der Waals surface area contributed by atoms with Gasteiger partial charge in [0.05, 0.1) is 8.66 Å². The number of nitrogens with zero attached hydrogens (tertiary/aromatic N) is 1. The lowest BCUT2D eigenvalue weighted by Gasteiger charge is -2.20. The van der Waals surface area contributed by atoms with Crippen LogP contribution in [0.15, 0.2) is 40.2 Å². The minimum atomic E-state index is -0.142. The highest BCUT2D eigenvalue weighted by Crippen LogP contribution is 2.23. The van der Waals surface area contributed by atoms with E-state index in [-0.39, 0.29) is 11.9 Å². The standard InChI is InChI=1S/C18H20BrN3O2S/c19-16-10-9-15(25-16)17(23)20-13-5-7-14(8-6-13)21-18(24)22-11-3-1-2-4-12-22/h5-10H,1-4,11-12H2,(H,20,23)(H,21,24). The van der Waals surface area contributed by atoms with Crippen molar-refractivity contribution in [2.24, 2.45) is 0 Å². The fourth-order valence-corrected chi connectivity index (χ4v) is 4.02. The van der Waals surface area contributed by atoms with Crippen LogP contribution < -0.4 is 10.6 Å². The summed E-state index contributed by atoms with van der Waals surface area (Å²) in [7, 11) is 0. The van der Waals surface area contributed by atoms with E-state index in [2.05, 4.69) is 26.6 Å². The summed E-state index contributed by atoms with van der Waals surface area (Å²) in [4.78, 5) is 27.0. The number of urea groups is 1. The number of anilines is 2. The third-order valence-corrected chi connectivity index (χ3v) is 5.71. The molecular formula is C18H20BrN3O2S. The molecular weight excluding hydrogens is 402 g/mol. The Morgan fingerprint density at radius 2 is 1.48 bits per heavy atom. The maximum Gasteiger partial charge on any atom is 0.321 e. The van der Waals surface area contributed by atoms with E-state index in [1.165, 1.54) is 24.2 Å². The lowest BCUT2D eigenvalue weighted by atomic mass is 10.2. The Kier molecular flexibility index (Phi) is 6.09. The third-order valence-electron chi connectivity index (χ3n) is 4.08. The van der Waals surface area contributed by atoms with Crippen molar-refractivity contribution in [2.75, 3.05) is 23.7 Å². The number of nitrogens with one attached hydrogen (secondary N) is 2. The molecule has 0 aliphatic carbocycles.